The summed E-state index contributed by atoms with van der Waals surface area (Å²) in [5.41, 5.74) is 5.05. The van der Waals surface area contributed by atoms with Gasteiger partial charge in [0, 0.05) is 13.0 Å². The molecule has 0 bridgehead atoms. The SMILES string of the molecule is CCN1CCC(=O)[C@H]1C(N)=O. The van der Waals surface area contributed by atoms with Crippen LogP contribution in [0.2, 0.25) is 0 Å². The number of likely N-dealkylation sites (N-methyl/N-ethyl adjacent to an activating group) is 1. The molecule has 1 atom stereocenters. The number of nitrogens with zero attached hydrogens (tertiary/aromatic N) is 1. The number of likely N-dealkylation sites (tertiary alicyclic amines) is 1. The summed E-state index contributed by atoms with van der Waals surface area (Å²) < 4.78 is 0. The predicted octanol–water partition coefficient (Wildman–Crippen LogP) is -0.865. The van der Waals surface area contributed by atoms with E-state index in [9.17, 15) is 9.59 Å². The highest BCUT2D eigenvalue weighted by atomic mass is 16.2. The van der Waals surface area contributed by atoms with E-state index in [1.807, 2.05) is 6.92 Å². The fraction of sp³-hybridized carbons (Fsp3) is 0.714. The van der Waals surface area contributed by atoms with Crippen LogP contribution in [0.3, 0.4) is 0 Å². The Kier molecular flexibility index (Phi) is 2.24. The zero-order chi connectivity index (χ0) is 8.43. The van der Waals surface area contributed by atoms with E-state index in [1.165, 1.54) is 0 Å². The summed E-state index contributed by atoms with van der Waals surface area (Å²) in [6, 6.07) is -0.653. The van der Waals surface area contributed by atoms with Crippen molar-refractivity contribution in [1.82, 2.24) is 4.90 Å². The second-order valence-electron chi connectivity index (χ2n) is 2.65. The molecule has 0 aromatic heterocycles. The van der Waals surface area contributed by atoms with Gasteiger partial charge in [-0.1, -0.05) is 6.92 Å². The molecule has 0 radical (unpaired) electrons. The van der Waals surface area contributed by atoms with Gasteiger partial charge in [0.15, 0.2) is 5.78 Å². The van der Waals surface area contributed by atoms with Gasteiger partial charge < -0.3 is 5.73 Å². The number of primary amides is 1. The summed E-state index contributed by atoms with van der Waals surface area (Å²) in [6.07, 6.45) is 0.460. The van der Waals surface area contributed by atoms with E-state index in [0.29, 0.717) is 19.5 Å². The topological polar surface area (TPSA) is 63.4 Å². The molecule has 1 heterocycles. The van der Waals surface area contributed by atoms with Crippen LogP contribution in [0.4, 0.5) is 0 Å². The number of carbonyl (C=O) groups is 2. The van der Waals surface area contributed by atoms with Gasteiger partial charge in [0.2, 0.25) is 5.91 Å². The minimum Gasteiger partial charge on any atom is -0.368 e. The van der Waals surface area contributed by atoms with E-state index in [1.54, 1.807) is 4.90 Å². The normalized spacial score (nSPS) is 25.9. The fourth-order valence-corrected chi connectivity index (χ4v) is 1.40. The molecule has 1 fully saturated rings. The Morgan fingerprint density at radius 2 is 2.45 bits per heavy atom. The maximum atomic E-state index is 11.0. The van der Waals surface area contributed by atoms with E-state index in [2.05, 4.69) is 0 Å². The lowest BCUT2D eigenvalue weighted by atomic mass is 10.2. The van der Waals surface area contributed by atoms with Crippen molar-refractivity contribution in [2.45, 2.75) is 19.4 Å². The number of Topliss-reactive ketones (excluding diaryl/α,β-unsaturated/α-hetero) is 1. The predicted molar refractivity (Wildman–Crippen MR) is 39.9 cm³/mol. The Morgan fingerprint density at radius 1 is 1.82 bits per heavy atom. The third-order valence-electron chi connectivity index (χ3n) is 1.99. The van der Waals surface area contributed by atoms with Crippen molar-refractivity contribution >= 4 is 11.7 Å². The van der Waals surface area contributed by atoms with E-state index in [0.717, 1.165) is 0 Å². The van der Waals surface area contributed by atoms with Crippen molar-refractivity contribution in [3.05, 3.63) is 0 Å². The Morgan fingerprint density at radius 3 is 2.82 bits per heavy atom. The minimum atomic E-state index is -0.653. The van der Waals surface area contributed by atoms with E-state index < -0.39 is 11.9 Å². The molecule has 1 aliphatic rings. The van der Waals surface area contributed by atoms with Gasteiger partial charge >= 0.3 is 0 Å². The highest BCUT2D eigenvalue weighted by molar-refractivity contribution is 6.06. The molecular formula is C7H12N2O2. The second-order valence-corrected chi connectivity index (χ2v) is 2.65. The fourth-order valence-electron chi connectivity index (χ4n) is 1.40. The number of nitrogens with two attached hydrogens (primary N) is 1. The van der Waals surface area contributed by atoms with Crippen molar-refractivity contribution in [2.75, 3.05) is 13.1 Å². The summed E-state index contributed by atoms with van der Waals surface area (Å²) in [5.74, 6) is -0.561. The second kappa shape index (κ2) is 3.00. The first-order valence-electron chi connectivity index (χ1n) is 3.73. The molecule has 1 amide bonds. The van der Waals surface area contributed by atoms with E-state index in [4.69, 9.17) is 5.73 Å². The molecule has 1 aliphatic heterocycles. The average Bonchev–Trinajstić information content (AvgIpc) is 2.30. The number of hydrogen-bond donors (Lipinski definition) is 1. The first-order valence-corrected chi connectivity index (χ1v) is 3.73. The van der Waals surface area contributed by atoms with Crippen LogP contribution in [0.25, 0.3) is 0 Å². The average molecular weight is 156 g/mol. The van der Waals surface area contributed by atoms with Gasteiger partial charge in [-0.2, -0.15) is 0 Å². The maximum Gasteiger partial charge on any atom is 0.242 e. The Bertz CT molecular complexity index is 191. The van der Waals surface area contributed by atoms with Gasteiger partial charge in [-0.25, -0.2) is 0 Å². The highest BCUT2D eigenvalue weighted by Gasteiger charge is 2.35. The zero-order valence-electron chi connectivity index (χ0n) is 6.54. The summed E-state index contributed by atoms with van der Waals surface area (Å²) >= 11 is 0. The van der Waals surface area contributed by atoms with Crippen molar-refractivity contribution in [3.8, 4) is 0 Å². The standard InChI is InChI=1S/C7H12N2O2/c1-2-9-4-3-5(10)6(9)7(8)11/h6H,2-4H2,1H3,(H2,8,11)/t6-/m0/s1. The minimum absolute atomic E-state index is 0.0423. The monoisotopic (exact) mass is 156 g/mol. The molecule has 11 heavy (non-hydrogen) atoms. The van der Waals surface area contributed by atoms with Gasteiger partial charge in [-0.05, 0) is 6.54 Å². The number of hydrogen-bond acceptors (Lipinski definition) is 3. The summed E-state index contributed by atoms with van der Waals surface area (Å²) in [6.45, 7) is 3.29. The molecule has 0 aromatic rings. The van der Waals surface area contributed by atoms with Gasteiger partial charge in [0.25, 0.3) is 0 Å². The molecule has 1 saturated heterocycles. The zero-order valence-corrected chi connectivity index (χ0v) is 6.54. The van der Waals surface area contributed by atoms with Crippen LogP contribution >= 0.6 is 0 Å². The lowest BCUT2D eigenvalue weighted by molar-refractivity contribution is -0.130. The van der Waals surface area contributed by atoms with Crippen molar-refractivity contribution in [1.29, 1.82) is 0 Å². The summed E-state index contributed by atoms with van der Waals surface area (Å²) in [4.78, 5) is 23.6. The first kappa shape index (κ1) is 8.20. The summed E-state index contributed by atoms with van der Waals surface area (Å²) in [5, 5.41) is 0. The van der Waals surface area contributed by atoms with Gasteiger partial charge in [-0.3, -0.25) is 14.5 Å². The number of rotatable bonds is 2. The molecule has 0 aromatic carbocycles. The molecule has 2 N–H and O–H groups in total. The van der Waals surface area contributed by atoms with Gasteiger partial charge in [0.05, 0.1) is 0 Å². The van der Waals surface area contributed by atoms with Gasteiger partial charge in [0.1, 0.15) is 6.04 Å². The van der Waals surface area contributed by atoms with Crippen LogP contribution in [0, 0.1) is 0 Å². The summed E-state index contributed by atoms with van der Waals surface area (Å²) in [7, 11) is 0. The highest BCUT2D eigenvalue weighted by Crippen LogP contribution is 2.11. The lowest BCUT2D eigenvalue weighted by Gasteiger charge is -2.17. The smallest absolute Gasteiger partial charge is 0.242 e. The number of carbonyl (C=O) groups excluding carboxylic acids is 2. The van der Waals surface area contributed by atoms with Crippen LogP contribution in [-0.4, -0.2) is 35.7 Å². The third kappa shape index (κ3) is 1.40. The molecule has 4 nitrogen and oxygen atoms in total. The van der Waals surface area contributed by atoms with Crippen LogP contribution in [0.1, 0.15) is 13.3 Å². The molecule has 1 rings (SSSR count). The first-order chi connectivity index (χ1) is 5.16. The van der Waals surface area contributed by atoms with Crippen LogP contribution in [-0.2, 0) is 9.59 Å². The third-order valence-corrected chi connectivity index (χ3v) is 1.99. The molecule has 0 spiro atoms. The van der Waals surface area contributed by atoms with Gasteiger partial charge in [-0.15, -0.1) is 0 Å². The molecule has 0 saturated carbocycles. The molecule has 62 valence electrons. The largest absolute Gasteiger partial charge is 0.368 e. The number of amides is 1. The molecular weight excluding hydrogens is 144 g/mol. The van der Waals surface area contributed by atoms with Crippen molar-refractivity contribution in [3.63, 3.8) is 0 Å². The molecule has 4 heteroatoms. The van der Waals surface area contributed by atoms with Crippen LogP contribution in [0.5, 0.6) is 0 Å². The Labute approximate surface area is 65.3 Å². The Balaban J connectivity index is 2.71. The number of ketones is 1. The molecule has 0 aliphatic carbocycles. The van der Waals surface area contributed by atoms with Crippen LogP contribution in [0.15, 0.2) is 0 Å². The van der Waals surface area contributed by atoms with E-state index >= 15 is 0 Å². The molecule has 0 unspecified atom stereocenters. The maximum absolute atomic E-state index is 11.0. The van der Waals surface area contributed by atoms with E-state index in [-0.39, 0.29) is 5.78 Å². The quantitative estimate of drug-likeness (QED) is 0.529. The van der Waals surface area contributed by atoms with Crippen molar-refractivity contribution in [2.24, 2.45) is 5.73 Å². The lowest BCUT2D eigenvalue weighted by Crippen LogP contribution is -2.43. The van der Waals surface area contributed by atoms with Crippen LogP contribution < -0.4 is 5.73 Å². The van der Waals surface area contributed by atoms with Crippen molar-refractivity contribution < 1.29 is 9.59 Å². The Hall–Kier alpha value is -0.900.